The quantitative estimate of drug-likeness (QED) is 0.817. The monoisotopic (exact) mass is 405 g/mol. The second-order valence-electron chi connectivity index (χ2n) is 8.23. The van der Waals surface area contributed by atoms with Crippen LogP contribution in [-0.4, -0.2) is 61.1 Å². The summed E-state index contributed by atoms with van der Waals surface area (Å²) in [6.45, 7) is 4.09. The third kappa shape index (κ3) is 3.98. The van der Waals surface area contributed by atoms with Crippen molar-refractivity contribution in [2.75, 3.05) is 44.7 Å². The number of anilines is 1. The zero-order valence-corrected chi connectivity index (χ0v) is 16.9. The fourth-order valence-electron chi connectivity index (χ4n) is 4.85. The highest BCUT2D eigenvalue weighted by Gasteiger charge is 2.52. The smallest absolute Gasteiger partial charge is 0.321 e. The molecule has 28 heavy (non-hydrogen) atoms. The van der Waals surface area contributed by atoms with Crippen LogP contribution >= 0.6 is 11.6 Å². The number of urea groups is 1. The Hall–Kier alpha value is -1.79. The van der Waals surface area contributed by atoms with E-state index in [9.17, 15) is 9.59 Å². The van der Waals surface area contributed by atoms with Crippen molar-refractivity contribution in [2.24, 2.45) is 11.3 Å². The van der Waals surface area contributed by atoms with Crippen LogP contribution in [0, 0.1) is 11.3 Å². The molecule has 0 unspecified atom stereocenters. The first-order valence-corrected chi connectivity index (χ1v) is 10.6. The Morgan fingerprint density at radius 3 is 2.57 bits per heavy atom. The summed E-state index contributed by atoms with van der Waals surface area (Å²) in [5.74, 6) is 0.0827. The summed E-state index contributed by atoms with van der Waals surface area (Å²) < 4.78 is 5.58. The maximum Gasteiger partial charge on any atom is 0.321 e. The summed E-state index contributed by atoms with van der Waals surface area (Å²) in [6, 6.07) is 6.97. The molecule has 1 N–H and O–H groups in total. The summed E-state index contributed by atoms with van der Waals surface area (Å²) in [6.07, 6.45) is 5.01. The fourth-order valence-corrected chi connectivity index (χ4v) is 5.04. The van der Waals surface area contributed by atoms with Gasteiger partial charge in [-0.05, 0) is 50.3 Å². The van der Waals surface area contributed by atoms with Crippen LogP contribution in [0.5, 0.6) is 0 Å². The van der Waals surface area contributed by atoms with Crippen LogP contribution in [0.15, 0.2) is 24.3 Å². The number of amides is 3. The van der Waals surface area contributed by atoms with Crippen LogP contribution in [0.2, 0.25) is 5.02 Å². The van der Waals surface area contributed by atoms with Crippen molar-refractivity contribution in [3.05, 3.63) is 29.3 Å². The lowest BCUT2D eigenvalue weighted by Gasteiger charge is -2.39. The van der Waals surface area contributed by atoms with Crippen molar-refractivity contribution in [3.63, 3.8) is 0 Å². The van der Waals surface area contributed by atoms with Crippen LogP contribution in [0.3, 0.4) is 0 Å². The second kappa shape index (κ2) is 8.29. The van der Waals surface area contributed by atoms with Gasteiger partial charge in [-0.2, -0.15) is 0 Å². The largest absolute Gasteiger partial charge is 0.381 e. The van der Waals surface area contributed by atoms with E-state index >= 15 is 0 Å². The third-order valence-corrected chi connectivity index (χ3v) is 6.70. The van der Waals surface area contributed by atoms with Gasteiger partial charge in [0.25, 0.3) is 0 Å². The number of benzene rings is 1. The molecule has 3 amide bonds. The first kappa shape index (κ1) is 19.5. The number of nitrogens with zero attached hydrogens (tertiary/aromatic N) is 2. The van der Waals surface area contributed by atoms with Crippen LogP contribution in [0.1, 0.15) is 32.1 Å². The highest BCUT2D eigenvalue weighted by molar-refractivity contribution is 6.30. The molecular formula is C21H28ClN3O3. The number of hydrogen-bond donors (Lipinski definition) is 1. The normalized spacial score (nSPS) is 24.4. The van der Waals surface area contributed by atoms with E-state index < -0.39 is 0 Å². The van der Waals surface area contributed by atoms with Crippen LogP contribution in [-0.2, 0) is 9.53 Å². The molecule has 0 aromatic heterocycles. The molecule has 152 valence electrons. The molecule has 3 heterocycles. The topological polar surface area (TPSA) is 61.9 Å². The predicted molar refractivity (Wildman–Crippen MR) is 108 cm³/mol. The summed E-state index contributed by atoms with van der Waals surface area (Å²) in [5.41, 5.74) is 0.502. The highest BCUT2D eigenvalue weighted by Crippen LogP contribution is 2.45. The first-order chi connectivity index (χ1) is 13.6. The Kier molecular flexibility index (Phi) is 5.78. The molecule has 1 aromatic carbocycles. The average Bonchev–Trinajstić information content (AvgIpc) is 3.07. The Labute approximate surface area is 171 Å². The van der Waals surface area contributed by atoms with E-state index in [0.717, 1.165) is 38.8 Å². The maximum absolute atomic E-state index is 13.4. The van der Waals surface area contributed by atoms with E-state index in [4.69, 9.17) is 16.3 Å². The number of carbonyl (C=O) groups is 2. The number of ether oxygens (including phenoxy) is 1. The molecule has 1 aromatic rings. The van der Waals surface area contributed by atoms with E-state index in [2.05, 4.69) is 5.32 Å². The van der Waals surface area contributed by atoms with Crippen LogP contribution < -0.4 is 5.32 Å². The van der Waals surface area contributed by atoms with E-state index in [1.54, 1.807) is 17.0 Å². The van der Waals surface area contributed by atoms with Gasteiger partial charge >= 0.3 is 6.03 Å². The number of nitrogens with one attached hydrogen (secondary N) is 1. The number of halogens is 1. The average molecular weight is 406 g/mol. The Morgan fingerprint density at radius 1 is 1.11 bits per heavy atom. The summed E-state index contributed by atoms with van der Waals surface area (Å²) in [4.78, 5) is 30.1. The molecule has 0 bridgehead atoms. The molecule has 3 saturated heterocycles. The van der Waals surface area contributed by atoms with Crippen molar-refractivity contribution < 1.29 is 14.3 Å². The molecule has 3 aliphatic rings. The molecule has 3 fully saturated rings. The molecule has 0 saturated carbocycles. The lowest BCUT2D eigenvalue weighted by atomic mass is 9.71. The first-order valence-electron chi connectivity index (χ1n) is 10.3. The fraction of sp³-hybridized carbons (Fsp3) is 0.619. The molecule has 3 aliphatic heterocycles. The summed E-state index contributed by atoms with van der Waals surface area (Å²) in [7, 11) is 0. The minimum absolute atomic E-state index is 0.139. The molecule has 6 nitrogen and oxygen atoms in total. The Balaban J connectivity index is 1.50. The Morgan fingerprint density at radius 2 is 1.86 bits per heavy atom. The van der Waals surface area contributed by atoms with E-state index in [1.807, 2.05) is 17.0 Å². The maximum atomic E-state index is 13.4. The van der Waals surface area contributed by atoms with Gasteiger partial charge in [0, 0.05) is 55.5 Å². The van der Waals surface area contributed by atoms with Gasteiger partial charge in [0.15, 0.2) is 0 Å². The van der Waals surface area contributed by atoms with Crippen molar-refractivity contribution >= 4 is 29.2 Å². The van der Waals surface area contributed by atoms with Gasteiger partial charge < -0.3 is 19.9 Å². The van der Waals surface area contributed by atoms with Gasteiger partial charge in [0.2, 0.25) is 5.91 Å². The summed E-state index contributed by atoms with van der Waals surface area (Å²) >= 11 is 6.03. The van der Waals surface area contributed by atoms with Gasteiger partial charge in [0.05, 0.1) is 5.92 Å². The van der Waals surface area contributed by atoms with Crippen molar-refractivity contribution in [1.82, 2.24) is 9.80 Å². The van der Waals surface area contributed by atoms with Crippen LogP contribution in [0.4, 0.5) is 10.5 Å². The highest BCUT2D eigenvalue weighted by atomic mass is 35.5. The SMILES string of the molecule is O=C(Nc1cccc(Cl)c1)N1C[C@H](C(=O)N2CCCCC2)C2(CCOCC2)C1. The molecule has 1 spiro atoms. The van der Waals surface area contributed by atoms with E-state index in [-0.39, 0.29) is 23.3 Å². The molecule has 7 heteroatoms. The molecule has 0 radical (unpaired) electrons. The third-order valence-electron chi connectivity index (χ3n) is 6.47. The van der Waals surface area contributed by atoms with Crippen molar-refractivity contribution in [2.45, 2.75) is 32.1 Å². The lowest BCUT2D eigenvalue weighted by Crippen LogP contribution is -2.47. The van der Waals surface area contributed by atoms with E-state index in [1.165, 1.54) is 6.42 Å². The summed E-state index contributed by atoms with van der Waals surface area (Å²) in [5, 5.41) is 3.51. The van der Waals surface area contributed by atoms with E-state index in [0.29, 0.717) is 37.0 Å². The van der Waals surface area contributed by atoms with Gasteiger partial charge in [0.1, 0.15) is 0 Å². The predicted octanol–water partition coefficient (Wildman–Crippen LogP) is 3.61. The zero-order chi connectivity index (χ0) is 19.6. The number of likely N-dealkylation sites (tertiary alicyclic amines) is 2. The van der Waals surface area contributed by atoms with Crippen molar-refractivity contribution in [1.29, 1.82) is 0 Å². The van der Waals surface area contributed by atoms with Crippen molar-refractivity contribution in [3.8, 4) is 0 Å². The second-order valence-corrected chi connectivity index (χ2v) is 8.67. The van der Waals surface area contributed by atoms with Crippen LogP contribution in [0.25, 0.3) is 0 Å². The molecule has 0 aliphatic carbocycles. The minimum atomic E-state index is -0.168. The van der Waals surface area contributed by atoms with Gasteiger partial charge in [-0.15, -0.1) is 0 Å². The van der Waals surface area contributed by atoms with Gasteiger partial charge in [-0.3, -0.25) is 4.79 Å². The number of carbonyl (C=O) groups excluding carboxylic acids is 2. The Bertz CT molecular complexity index is 729. The standard InChI is InChI=1S/C21H28ClN3O3/c22-16-5-4-6-17(13-16)23-20(27)25-14-18(19(26)24-9-2-1-3-10-24)21(15-25)7-11-28-12-8-21/h4-6,13,18H,1-3,7-12,14-15H2,(H,23,27)/t18-/m1/s1. The molecule has 1 atom stereocenters. The number of piperidine rings is 1. The van der Waals surface area contributed by atoms with Gasteiger partial charge in [-0.1, -0.05) is 17.7 Å². The molecular weight excluding hydrogens is 378 g/mol. The number of rotatable bonds is 2. The number of hydrogen-bond acceptors (Lipinski definition) is 3. The zero-order valence-electron chi connectivity index (χ0n) is 16.2. The lowest BCUT2D eigenvalue weighted by molar-refractivity contribution is -0.141. The minimum Gasteiger partial charge on any atom is -0.381 e. The van der Waals surface area contributed by atoms with Gasteiger partial charge in [-0.25, -0.2) is 4.79 Å². The molecule has 4 rings (SSSR count).